The summed E-state index contributed by atoms with van der Waals surface area (Å²) in [6.07, 6.45) is 0. The number of aryl methyl sites for hydroxylation is 1. The fraction of sp³-hybridized carbons (Fsp3) is 0.211. The van der Waals surface area contributed by atoms with Gasteiger partial charge in [0.1, 0.15) is 11.6 Å². The normalized spacial score (nSPS) is 10.8. The van der Waals surface area contributed by atoms with Crippen LogP contribution >= 0.6 is 0 Å². The fourth-order valence-electron chi connectivity index (χ4n) is 2.64. The van der Waals surface area contributed by atoms with Crippen molar-refractivity contribution in [2.45, 2.75) is 20.0 Å². The van der Waals surface area contributed by atoms with Crippen molar-refractivity contribution in [2.75, 3.05) is 11.9 Å². The second-order valence-electron chi connectivity index (χ2n) is 5.62. The minimum atomic E-state index is -0.239. The van der Waals surface area contributed by atoms with Crippen LogP contribution in [0, 0.1) is 12.7 Å². The molecule has 2 N–H and O–H groups in total. The van der Waals surface area contributed by atoms with Crippen LogP contribution in [-0.2, 0) is 13.1 Å². The number of hydrogen-bond donors (Lipinski definition) is 2. The molecule has 5 heteroatoms. The summed E-state index contributed by atoms with van der Waals surface area (Å²) in [5.74, 6) is 0.517. The molecule has 0 fully saturated rings. The van der Waals surface area contributed by atoms with Crippen molar-refractivity contribution in [1.29, 1.82) is 0 Å². The van der Waals surface area contributed by atoms with E-state index in [1.165, 1.54) is 6.07 Å². The van der Waals surface area contributed by atoms with Crippen LogP contribution in [-0.4, -0.2) is 21.5 Å². The van der Waals surface area contributed by atoms with E-state index >= 15 is 0 Å². The number of rotatable bonds is 6. The highest BCUT2D eigenvalue weighted by Gasteiger charge is 2.11. The van der Waals surface area contributed by atoms with Gasteiger partial charge in [-0.2, -0.15) is 5.10 Å². The predicted molar refractivity (Wildman–Crippen MR) is 93.2 cm³/mol. The van der Waals surface area contributed by atoms with Gasteiger partial charge in [0.25, 0.3) is 0 Å². The number of aliphatic hydroxyl groups is 1. The average molecular weight is 325 g/mol. The molecule has 0 aliphatic rings. The van der Waals surface area contributed by atoms with Gasteiger partial charge in [-0.05, 0) is 18.6 Å². The first-order valence-corrected chi connectivity index (χ1v) is 7.91. The third-order valence-electron chi connectivity index (χ3n) is 3.93. The molecule has 3 aromatic rings. The second kappa shape index (κ2) is 7.27. The highest BCUT2D eigenvalue weighted by molar-refractivity contribution is 5.66. The first-order valence-electron chi connectivity index (χ1n) is 7.91. The van der Waals surface area contributed by atoms with Gasteiger partial charge in [-0.3, -0.25) is 0 Å². The van der Waals surface area contributed by atoms with Crippen LogP contribution in [0.25, 0.3) is 11.3 Å². The van der Waals surface area contributed by atoms with Crippen LogP contribution in [0.15, 0.2) is 54.6 Å². The zero-order chi connectivity index (χ0) is 16.9. The van der Waals surface area contributed by atoms with E-state index in [-0.39, 0.29) is 12.4 Å². The maximum atomic E-state index is 13.8. The lowest BCUT2D eigenvalue weighted by atomic mass is 10.1. The number of nitrogens with zero attached hydrogens (tertiary/aromatic N) is 2. The summed E-state index contributed by atoms with van der Waals surface area (Å²) in [7, 11) is 0. The molecule has 24 heavy (non-hydrogen) atoms. The summed E-state index contributed by atoms with van der Waals surface area (Å²) < 4.78 is 15.5. The Balaban J connectivity index is 1.87. The highest BCUT2D eigenvalue weighted by Crippen LogP contribution is 2.25. The molecular formula is C19H20FN3O. The third-order valence-corrected chi connectivity index (χ3v) is 3.93. The minimum absolute atomic E-state index is 0.0106. The lowest BCUT2D eigenvalue weighted by Crippen LogP contribution is -2.10. The number of aromatic nitrogens is 2. The molecule has 0 spiro atoms. The summed E-state index contributed by atoms with van der Waals surface area (Å²) in [5.41, 5.74) is 3.60. The van der Waals surface area contributed by atoms with Crippen molar-refractivity contribution >= 4 is 5.82 Å². The van der Waals surface area contributed by atoms with Crippen molar-refractivity contribution < 1.29 is 9.50 Å². The number of hydrogen-bond acceptors (Lipinski definition) is 3. The largest absolute Gasteiger partial charge is 0.394 e. The first kappa shape index (κ1) is 16.2. The Hall–Kier alpha value is -2.66. The fourth-order valence-corrected chi connectivity index (χ4v) is 2.64. The van der Waals surface area contributed by atoms with E-state index in [2.05, 4.69) is 10.4 Å². The van der Waals surface area contributed by atoms with Gasteiger partial charge < -0.3 is 10.4 Å². The maximum absolute atomic E-state index is 13.8. The molecule has 3 rings (SSSR count). The van der Waals surface area contributed by atoms with Crippen LogP contribution in [0.1, 0.15) is 11.1 Å². The SMILES string of the molecule is Cc1ccccc1-c1cc(NCc2ccccc2F)n(CCO)n1. The van der Waals surface area contributed by atoms with Crippen LogP contribution in [0.5, 0.6) is 0 Å². The van der Waals surface area contributed by atoms with E-state index in [0.29, 0.717) is 18.7 Å². The average Bonchev–Trinajstić information content (AvgIpc) is 2.98. The molecule has 0 saturated carbocycles. The van der Waals surface area contributed by atoms with Gasteiger partial charge in [0.05, 0.1) is 18.8 Å². The van der Waals surface area contributed by atoms with E-state index in [1.54, 1.807) is 16.8 Å². The Morgan fingerprint density at radius 2 is 1.88 bits per heavy atom. The van der Waals surface area contributed by atoms with Gasteiger partial charge in [-0.1, -0.05) is 42.5 Å². The summed E-state index contributed by atoms with van der Waals surface area (Å²) in [6.45, 7) is 2.76. The van der Waals surface area contributed by atoms with Crippen LogP contribution in [0.2, 0.25) is 0 Å². The highest BCUT2D eigenvalue weighted by atomic mass is 19.1. The van der Waals surface area contributed by atoms with Gasteiger partial charge in [0.15, 0.2) is 0 Å². The molecule has 0 atom stereocenters. The van der Waals surface area contributed by atoms with Crippen molar-refractivity contribution in [1.82, 2.24) is 9.78 Å². The topological polar surface area (TPSA) is 50.1 Å². The van der Waals surface area contributed by atoms with Gasteiger partial charge in [-0.15, -0.1) is 0 Å². The number of anilines is 1. The lowest BCUT2D eigenvalue weighted by molar-refractivity contribution is 0.270. The third kappa shape index (κ3) is 3.46. The summed E-state index contributed by atoms with van der Waals surface area (Å²) in [5, 5.41) is 17.0. The minimum Gasteiger partial charge on any atom is -0.394 e. The van der Waals surface area contributed by atoms with Crippen LogP contribution < -0.4 is 5.32 Å². The van der Waals surface area contributed by atoms with Gasteiger partial charge in [-0.25, -0.2) is 9.07 Å². The van der Waals surface area contributed by atoms with Gasteiger partial charge in [0, 0.05) is 23.7 Å². The Morgan fingerprint density at radius 1 is 1.12 bits per heavy atom. The molecule has 1 aromatic heterocycles. The monoisotopic (exact) mass is 325 g/mol. The molecule has 0 aliphatic heterocycles. The molecule has 0 aliphatic carbocycles. The van der Waals surface area contributed by atoms with Crippen molar-refractivity contribution in [3.63, 3.8) is 0 Å². The predicted octanol–water partition coefficient (Wildman–Crippen LogP) is 3.60. The van der Waals surface area contributed by atoms with E-state index in [4.69, 9.17) is 0 Å². The Bertz CT molecular complexity index is 829. The number of benzene rings is 2. The van der Waals surface area contributed by atoms with Gasteiger partial charge in [0.2, 0.25) is 0 Å². The van der Waals surface area contributed by atoms with E-state index in [1.807, 2.05) is 43.3 Å². The first-order chi connectivity index (χ1) is 11.7. The van der Waals surface area contributed by atoms with E-state index < -0.39 is 0 Å². The molecule has 2 aromatic carbocycles. The smallest absolute Gasteiger partial charge is 0.128 e. The Labute approximate surface area is 140 Å². The molecule has 0 amide bonds. The molecule has 0 radical (unpaired) electrons. The molecule has 124 valence electrons. The number of nitrogens with one attached hydrogen (secondary N) is 1. The summed E-state index contributed by atoms with van der Waals surface area (Å²) in [4.78, 5) is 0. The molecule has 0 unspecified atom stereocenters. The molecule has 0 bridgehead atoms. The van der Waals surface area contributed by atoms with Crippen molar-refractivity contribution in [3.05, 3.63) is 71.5 Å². The number of aliphatic hydroxyl groups excluding tert-OH is 1. The Morgan fingerprint density at radius 3 is 2.62 bits per heavy atom. The molecular weight excluding hydrogens is 305 g/mol. The van der Waals surface area contributed by atoms with Crippen molar-refractivity contribution in [2.24, 2.45) is 0 Å². The second-order valence-corrected chi connectivity index (χ2v) is 5.62. The molecule has 1 heterocycles. The summed E-state index contributed by atoms with van der Waals surface area (Å²) in [6, 6.07) is 16.6. The van der Waals surface area contributed by atoms with Crippen molar-refractivity contribution in [3.8, 4) is 11.3 Å². The number of halogens is 1. The summed E-state index contributed by atoms with van der Waals surface area (Å²) >= 11 is 0. The molecule has 0 saturated heterocycles. The van der Waals surface area contributed by atoms with Gasteiger partial charge >= 0.3 is 0 Å². The lowest BCUT2D eigenvalue weighted by Gasteiger charge is -2.09. The zero-order valence-corrected chi connectivity index (χ0v) is 13.5. The quantitative estimate of drug-likeness (QED) is 0.728. The maximum Gasteiger partial charge on any atom is 0.128 e. The van der Waals surface area contributed by atoms with Crippen LogP contribution in [0.4, 0.5) is 10.2 Å². The standard InChI is InChI=1S/C19H20FN3O/c1-14-6-2-4-8-16(14)18-12-19(23(22-18)10-11-24)21-13-15-7-3-5-9-17(15)20/h2-9,12,21,24H,10-11,13H2,1H3. The van der Waals surface area contributed by atoms with E-state index in [9.17, 15) is 9.50 Å². The zero-order valence-electron chi connectivity index (χ0n) is 13.5. The Kier molecular flexibility index (Phi) is 4.91. The molecule has 4 nitrogen and oxygen atoms in total. The van der Waals surface area contributed by atoms with Crippen LogP contribution in [0.3, 0.4) is 0 Å². The van der Waals surface area contributed by atoms with E-state index in [0.717, 1.165) is 22.6 Å².